The summed E-state index contributed by atoms with van der Waals surface area (Å²) in [6.45, 7) is 3.12. The van der Waals surface area contributed by atoms with Crippen LogP contribution in [-0.4, -0.2) is 40.9 Å². The lowest BCUT2D eigenvalue weighted by Crippen LogP contribution is -2.44. The van der Waals surface area contributed by atoms with Crippen LogP contribution in [0.3, 0.4) is 0 Å². The first kappa shape index (κ1) is 11.2. The molecule has 90 valence electrons. The number of aromatic nitrogens is 3. The third-order valence-corrected chi connectivity index (χ3v) is 3.45. The van der Waals surface area contributed by atoms with Crippen molar-refractivity contribution in [2.45, 2.75) is 0 Å². The zero-order valence-electron chi connectivity index (χ0n) is 9.02. The molecule has 0 radical (unpaired) electrons. The van der Waals surface area contributed by atoms with Gasteiger partial charge in [-0.1, -0.05) is 0 Å². The van der Waals surface area contributed by atoms with Crippen molar-refractivity contribution >= 4 is 39.3 Å². The van der Waals surface area contributed by atoms with Gasteiger partial charge < -0.3 is 14.7 Å². The lowest BCUT2D eigenvalue weighted by atomic mass is 10.4. The highest BCUT2D eigenvalue weighted by molar-refractivity contribution is 9.10. The summed E-state index contributed by atoms with van der Waals surface area (Å²) in [5.74, 6) is 0. The van der Waals surface area contributed by atoms with Gasteiger partial charge in [0.2, 0.25) is 0 Å². The van der Waals surface area contributed by atoms with Crippen molar-refractivity contribution in [1.82, 2.24) is 14.6 Å². The lowest BCUT2D eigenvalue weighted by Gasteiger charge is -2.29. The molecule has 3 heterocycles. The van der Waals surface area contributed by atoms with E-state index in [4.69, 9.17) is 17.0 Å². The minimum Gasteiger partial charge on any atom is -0.378 e. The number of halogens is 1. The first-order valence-corrected chi connectivity index (χ1v) is 6.55. The Morgan fingerprint density at radius 2 is 2.18 bits per heavy atom. The Morgan fingerprint density at radius 3 is 2.94 bits per heavy atom. The predicted molar refractivity (Wildman–Crippen MR) is 71.4 cm³/mol. The summed E-state index contributed by atoms with van der Waals surface area (Å²) in [6.07, 6.45) is 1.78. The second kappa shape index (κ2) is 4.40. The van der Waals surface area contributed by atoms with Crippen LogP contribution in [0.2, 0.25) is 0 Å². The third kappa shape index (κ3) is 1.98. The topological polar surface area (TPSA) is 46.1 Å². The second-order valence-corrected chi connectivity index (χ2v) is 5.14. The zero-order chi connectivity index (χ0) is 11.8. The highest BCUT2D eigenvalue weighted by Crippen LogP contribution is 2.17. The van der Waals surface area contributed by atoms with Gasteiger partial charge in [-0.2, -0.15) is 0 Å². The zero-order valence-corrected chi connectivity index (χ0v) is 11.4. The van der Waals surface area contributed by atoms with E-state index in [1.165, 1.54) is 0 Å². The molecule has 0 spiro atoms. The first-order chi connectivity index (χ1) is 8.25. The maximum atomic E-state index is 5.35. The summed E-state index contributed by atoms with van der Waals surface area (Å²) in [4.78, 5) is 7.58. The summed E-state index contributed by atoms with van der Waals surface area (Å²) >= 11 is 8.75. The standard InChI is InChI=1S/C10H11BrN4OS/c11-7-5-8-9(12-6-7)15(10(17)13-8)14-1-3-16-4-2-14/h5-6H,1-4H2,(H,13,17). The van der Waals surface area contributed by atoms with Crippen LogP contribution in [0.5, 0.6) is 0 Å². The quantitative estimate of drug-likeness (QED) is 0.816. The molecular weight excluding hydrogens is 304 g/mol. The van der Waals surface area contributed by atoms with Crippen LogP contribution in [0.1, 0.15) is 0 Å². The van der Waals surface area contributed by atoms with E-state index in [-0.39, 0.29) is 0 Å². The third-order valence-electron chi connectivity index (χ3n) is 2.74. The molecule has 0 bridgehead atoms. The molecule has 1 saturated heterocycles. The fourth-order valence-electron chi connectivity index (χ4n) is 1.97. The van der Waals surface area contributed by atoms with Gasteiger partial charge >= 0.3 is 0 Å². The molecular formula is C10H11BrN4OS. The Kier molecular flexibility index (Phi) is 2.89. The van der Waals surface area contributed by atoms with Gasteiger partial charge in [0.15, 0.2) is 10.4 Å². The molecule has 5 nitrogen and oxygen atoms in total. The van der Waals surface area contributed by atoms with Gasteiger partial charge in [-0.3, -0.25) is 0 Å². The van der Waals surface area contributed by atoms with Crippen LogP contribution in [0.15, 0.2) is 16.7 Å². The van der Waals surface area contributed by atoms with Gasteiger partial charge in [-0.25, -0.2) is 9.66 Å². The molecule has 1 fully saturated rings. The molecule has 1 N–H and O–H groups in total. The number of imidazole rings is 1. The molecule has 0 atom stereocenters. The number of hydrogen-bond acceptors (Lipinski definition) is 4. The van der Waals surface area contributed by atoms with Crippen LogP contribution in [0, 0.1) is 4.77 Å². The number of ether oxygens (including phenoxy) is 1. The highest BCUT2D eigenvalue weighted by Gasteiger charge is 2.15. The van der Waals surface area contributed by atoms with Crippen molar-refractivity contribution in [3.8, 4) is 0 Å². The SMILES string of the molecule is S=c1[nH]c2cc(Br)cnc2n1N1CCOCC1. The minimum atomic E-state index is 0.674. The Bertz CT molecular complexity index is 602. The van der Waals surface area contributed by atoms with E-state index in [2.05, 4.69) is 30.9 Å². The number of rotatable bonds is 1. The van der Waals surface area contributed by atoms with Gasteiger partial charge in [-0.15, -0.1) is 0 Å². The van der Waals surface area contributed by atoms with Crippen molar-refractivity contribution in [3.63, 3.8) is 0 Å². The summed E-state index contributed by atoms with van der Waals surface area (Å²) in [5.41, 5.74) is 1.80. The molecule has 0 aromatic carbocycles. The van der Waals surface area contributed by atoms with Gasteiger partial charge in [0.05, 0.1) is 31.8 Å². The minimum absolute atomic E-state index is 0.674. The van der Waals surface area contributed by atoms with E-state index in [1.807, 2.05) is 10.7 Å². The van der Waals surface area contributed by atoms with Crippen LogP contribution < -0.4 is 5.01 Å². The van der Waals surface area contributed by atoms with Gasteiger partial charge in [0, 0.05) is 10.7 Å². The van der Waals surface area contributed by atoms with Crippen molar-refractivity contribution in [2.24, 2.45) is 0 Å². The molecule has 2 aromatic rings. The van der Waals surface area contributed by atoms with E-state index >= 15 is 0 Å². The smallest absolute Gasteiger partial charge is 0.198 e. The molecule has 1 aliphatic rings. The molecule has 0 amide bonds. The fraction of sp³-hybridized carbons (Fsp3) is 0.400. The molecule has 7 heteroatoms. The maximum absolute atomic E-state index is 5.35. The number of H-pyrrole nitrogens is 1. The number of nitrogens with zero attached hydrogens (tertiary/aromatic N) is 3. The van der Waals surface area contributed by atoms with Crippen LogP contribution in [0.4, 0.5) is 0 Å². The Balaban J connectivity index is 2.14. The summed E-state index contributed by atoms with van der Waals surface area (Å²) in [7, 11) is 0. The first-order valence-electron chi connectivity index (χ1n) is 5.35. The van der Waals surface area contributed by atoms with Gasteiger partial charge in [0.1, 0.15) is 0 Å². The molecule has 0 unspecified atom stereocenters. The van der Waals surface area contributed by atoms with Crippen molar-refractivity contribution in [3.05, 3.63) is 21.5 Å². The molecule has 0 saturated carbocycles. The average molecular weight is 315 g/mol. The summed E-state index contributed by atoms with van der Waals surface area (Å²) in [5, 5.41) is 2.16. The molecule has 2 aromatic heterocycles. The Hall–Kier alpha value is -0.920. The highest BCUT2D eigenvalue weighted by atomic mass is 79.9. The number of aromatic amines is 1. The van der Waals surface area contributed by atoms with E-state index in [0.29, 0.717) is 4.77 Å². The monoisotopic (exact) mass is 314 g/mol. The van der Waals surface area contributed by atoms with Crippen molar-refractivity contribution in [2.75, 3.05) is 31.3 Å². The van der Waals surface area contributed by atoms with Crippen LogP contribution >= 0.6 is 28.1 Å². The Morgan fingerprint density at radius 1 is 1.41 bits per heavy atom. The summed E-state index contributed by atoms with van der Waals surface area (Å²) in [6, 6.07) is 1.98. The van der Waals surface area contributed by atoms with Crippen LogP contribution in [-0.2, 0) is 4.74 Å². The molecule has 0 aliphatic carbocycles. The average Bonchev–Trinajstić information content (AvgIpc) is 2.65. The van der Waals surface area contributed by atoms with E-state index in [1.54, 1.807) is 6.20 Å². The summed E-state index contributed by atoms with van der Waals surface area (Å²) < 4.78 is 8.91. The van der Waals surface area contributed by atoms with Gasteiger partial charge in [0.25, 0.3) is 0 Å². The molecule has 1 aliphatic heterocycles. The van der Waals surface area contributed by atoms with E-state index < -0.39 is 0 Å². The number of pyridine rings is 1. The van der Waals surface area contributed by atoms with Gasteiger partial charge in [-0.05, 0) is 34.2 Å². The second-order valence-electron chi connectivity index (χ2n) is 3.83. The van der Waals surface area contributed by atoms with Crippen molar-refractivity contribution < 1.29 is 4.74 Å². The number of morpholine rings is 1. The molecule has 3 rings (SSSR count). The largest absolute Gasteiger partial charge is 0.378 e. The predicted octanol–water partition coefficient (Wildman–Crippen LogP) is 1.82. The van der Waals surface area contributed by atoms with E-state index in [9.17, 15) is 0 Å². The lowest BCUT2D eigenvalue weighted by molar-refractivity contribution is 0.111. The normalized spacial score (nSPS) is 16.6. The number of fused-ring (bicyclic) bond motifs is 1. The van der Waals surface area contributed by atoms with Crippen LogP contribution in [0.25, 0.3) is 11.2 Å². The van der Waals surface area contributed by atoms with Crippen molar-refractivity contribution in [1.29, 1.82) is 0 Å². The number of nitrogens with one attached hydrogen (secondary N) is 1. The maximum Gasteiger partial charge on any atom is 0.198 e. The van der Waals surface area contributed by atoms with E-state index in [0.717, 1.165) is 41.9 Å². The molecule has 17 heavy (non-hydrogen) atoms. The Labute approximate surface area is 111 Å². The number of hydrogen-bond donors (Lipinski definition) is 1. The fourth-order valence-corrected chi connectivity index (χ4v) is 2.62.